The number of hydrogen-bond donors (Lipinski definition) is 1. The van der Waals surface area contributed by atoms with Crippen molar-refractivity contribution in [1.29, 1.82) is 0 Å². The Morgan fingerprint density at radius 1 is 1.30 bits per heavy atom. The molecule has 0 spiro atoms. The van der Waals surface area contributed by atoms with E-state index in [1.54, 1.807) is 12.3 Å². The second-order valence-corrected chi connectivity index (χ2v) is 4.65. The number of aromatic nitrogens is 4. The van der Waals surface area contributed by atoms with Gasteiger partial charge in [-0.05, 0) is 19.9 Å². The Balaban J connectivity index is 1.94. The summed E-state index contributed by atoms with van der Waals surface area (Å²) >= 11 is 0. The highest BCUT2D eigenvalue weighted by atomic mass is 16.2. The van der Waals surface area contributed by atoms with Crippen molar-refractivity contribution in [1.82, 2.24) is 24.4 Å². The highest BCUT2D eigenvalue weighted by Gasteiger charge is 2.08. The highest BCUT2D eigenvalue weighted by molar-refractivity contribution is 5.75. The maximum atomic E-state index is 11.8. The molecule has 0 radical (unpaired) electrons. The second-order valence-electron chi connectivity index (χ2n) is 4.65. The van der Waals surface area contributed by atoms with Gasteiger partial charge in [-0.1, -0.05) is 0 Å². The zero-order valence-corrected chi connectivity index (χ0v) is 11.5. The lowest BCUT2D eigenvalue weighted by atomic mass is 10.4. The van der Waals surface area contributed by atoms with Crippen LogP contribution in [0.2, 0.25) is 0 Å². The van der Waals surface area contributed by atoms with Crippen molar-refractivity contribution >= 4 is 5.91 Å². The van der Waals surface area contributed by atoms with Crippen LogP contribution in [0.15, 0.2) is 35.6 Å². The Labute approximate surface area is 116 Å². The smallest absolute Gasteiger partial charge is 0.347 e. The summed E-state index contributed by atoms with van der Waals surface area (Å²) in [7, 11) is 0. The zero-order valence-electron chi connectivity index (χ0n) is 11.5. The fraction of sp³-hybridized carbons (Fsp3) is 0.385. The largest absolute Gasteiger partial charge is 0.347 e. The number of nitrogens with zero attached hydrogens (tertiary/aromatic N) is 4. The van der Waals surface area contributed by atoms with Gasteiger partial charge in [-0.25, -0.2) is 14.8 Å². The number of amides is 1. The minimum Gasteiger partial charge on any atom is -0.347 e. The van der Waals surface area contributed by atoms with Crippen LogP contribution in [0.3, 0.4) is 0 Å². The van der Waals surface area contributed by atoms with Crippen molar-refractivity contribution < 1.29 is 4.79 Å². The van der Waals surface area contributed by atoms with Gasteiger partial charge in [0, 0.05) is 30.8 Å². The van der Waals surface area contributed by atoms with Crippen LogP contribution in [-0.4, -0.2) is 25.0 Å². The van der Waals surface area contributed by atoms with Gasteiger partial charge in [0.25, 0.3) is 0 Å². The predicted octanol–water partition coefficient (Wildman–Crippen LogP) is 0.337. The van der Waals surface area contributed by atoms with Crippen LogP contribution in [0.25, 0.3) is 0 Å². The molecule has 0 unspecified atom stereocenters. The molecule has 0 bridgehead atoms. The van der Waals surface area contributed by atoms with E-state index in [0.717, 1.165) is 5.82 Å². The molecule has 0 aliphatic heterocycles. The molecule has 0 fully saturated rings. The first kappa shape index (κ1) is 14.0. The maximum Gasteiger partial charge on any atom is 0.347 e. The molecule has 0 aromatic carbocycles. The van der Waals surface area contributed by atoms with Gasteiger partial charge in [0.05, 0.1) is 6.54 Å². The van der Waals surface area contributed by atoms with E-state index in [1.807, 2.05) is 24.6 Å². The third-order valence-electron chi connectivity index (χ3n) is 2.85. The lowest BCUT2D eigenvalue weighted by Crippen LogP contribution is -2.33. The first-order valence-corrected chi connectivity index (χ1v) is 6.38. The number of rotatable bonds is 5. The van der Waals surface area contributed by atoms with E-state index < -0.39 is 5.69 Å². The molecule has 1 N–H and O–H groups in total. The number of nitrogens with one attached hydrogen (secondary N) is 1. The SMILES string of the molecule is CC(C)n1ccnc1CNC(=O)Cn1cccnc1=O. The minimum absolute atomic E-state index is 0.0466. The van der Waals surface area contributed by atoms with Crippen LogP contribution in [0.1, 0.15) is 25.7 Å². The molecule has 7 heteroatoms. The normalized spacial score (nSPS) is 10.8. The van der Waals surface area contributed by atoms with Gasteiger partial charge in [0.1, 0.15) is 12.4 Å². The van der Waals surface area contributed by atoms with Gasteiger partial charge >= 0.3 is 5.69 Å². The first-order valence-electron chi connectivity index (χ1n) is 6.38. The van der Waals surface area contributed by atoms with E-state index in [2.05, 4.69) is 15.3 Å². The van der Waals surface area contributed by atoms with Gasteiger partial charge in [-0.15, -0.1) is 0 Å². The van der Waals surface area contributed by atoms with Gasteiger partial charge in [0.2, 0.25) is 5.91 Å². The third-order valence-corrected chi connectivity index (χ3v) is 2.85. The van der Waals surface area contributed by atoms with Gasteiger partial charge < -0.3 is 9.88 Å². The molecular formula is C13H17N5O2. The van der Waals surface area contributed by atoms with E-state index in [4.69, 9.17) is 0 Å². The fourth-order valence-corrected chi connectivity index (χ4v) is 1.85. The monoisotopic (exact) mass is 275 g/mol. The molecule has 1 amide bonds. The van der Waals surface area contributed by atoms with E-state index in [1.165, 1.54) is 17.0 Å². The molecular weight excluding hydrogens is 258 g/mol. The Morgan fingerprint density at radius 3 is 2.80 bits per heavy atom. The molecule has 0 aliphatic carbocycles. The molecule has 106 valence electrons. The van der Waals surface area contributed by atoms with E-state index in [0.29, 0.717) is 6.54 Å². The molecule has 2 aromatic heterocycles. The second kappa shape index (κ2) is 6.14. The van der Waals surface area contributed by atoms with Crippen LogP contribution < -0.4 is 11.0 Å². The van der Waals surface area contributed by atoms with Gasteiger partial charge in [-0.3, -0.25) is 9.36 Å². The van der Waals surface area contributed by atoms with Crippen LogP contribution in [0.5, 0.6) is 0 Å². The van der Waals surface area contributed by atoms with Crippen molar-refractivity contribution in [2.24, 2.45) is 0 Å². The van der Waals surface area contributed by atoms with E-state index >= 15 is 0 Å². The summed E-state index contributed by atoms with van der Waals surface area (Å²) in [4.78, 5) is 31.0. The van der Waals surface area contributed by atoms with Crippen LogP contribution >= 0.6 is 0 Å². The molecule has 7 nitrogen and oxygen atoms in total. The van der Waals surface area contributed by atoms with Crippen molar-refractivity contribution in [2.75, 3.05) is 0 Å². The van der Waals surface area contributed by atoms with Gasteiger partial charge in [-0.2, -0.15) is 0 Å². The van der Waals surface area contributed by atoms with Crippen molar-refractivity contribution in [2.45, 2.75) is 33.0 Å². The Kier molecular flexibility index (Phi) is 4.29. The zero-order chi connectivity index (χ0) is 14.5. The number of imidazole rings is 1. The molecule has 0 saturated heterocycles. The van der Waals surface area contributed by atoms with Gasteiger partial charge in [0.15, 0.2) is 0 Å². The highest BCUT2D eigenvalue weighted by Crippen LogP contribution is 2.07. The number of hydrogen-bond acceptors (Lipinski definition) is 4. The lowest BCUT2D eigenvalue weighted by molar-refractivity contribution is -0.121. The number of carbonyl (C=O) groups excluding carboxylic acids is 1. The molecule has 0 saturated carbocycles. The molecule has 2 heterocycles. The summed E-state index contributed by atoms with van der Waals surface area (Å²) < 4.78 is 3.24. The molecule has 2 aromatic rings. The molecule has 20 heavy (non-hydrogen) atoms. The van der Waals surface area contributed by atoms with Crippen LogP contribution in [0, 0.1) is 0 Å². The average Bonchev–Trinajstić information content (AvgIpc) is 2.88. The summed E-state index contributed by atoms with van der Waals surface area (Å²) in [6.07, 6.45) is 6.50. The first-order chi connectivity index (χ1) is 9.58. The fourth-order valence-electron chi connectivity index (χ4n) is 1.85. The van der Waals surface area contributed by atoms with Crippen molar-refractivity contribution in [3.05, 3.63) is 47.2 Å². The molecule has 2 rings (SSSR count). The summed E-state index contributed by atoms with van der Waals surface area (Å²) in [5, 5.41) is 2.75. The standard InChI is InChI=1S/C13H17N5O2/c1-10(2)18-7-5-14-11(18)8-16-12(19)9-17-6-3-4-15-13(17)20/h3-7,10H,8-9H2,1-2H3,(H,16,19). The predicted molar refractivity (Wildman–Crippen MR) is 73.0 cm³/mol. The minimum atomic E-state index is -0.439. The molecule has 0 atom stereocenters. The third kappa shape index (κ3) is 3.31. The van der Waals surface area contributed by atoms with Crippen LogP contribution in [-0.2, 0) is 17.9 Å². The summed E-state index contributed by atoms with van der Waals surface area (Å²) in [5.41, 5.74) is -0.439. The quantitative estimate of drug-likeness (QED) is 0.853. The lowest BCUT2D eigenvalue weighted by Gasteiger charge is -2.12. The Bertz CT molecular complexity index is 644. The van der Waals surface area contributed by atoms with E-state index in [9.17, 15) is 9.59 Å². The molecule has 0 aliphatic rings. The van der Waals surface area contributed by atoms with Crippen molar-refractivity contribution in [3.63, 3.8) is 0 Å². The topological polar surface area (TPSA) is 81.8 Å². The number of carbonyl (C=O) groups is 1. The Hall–Kier alpha value is -2.44. The average molecular weight is 275 g/mol. The summed E-state index contributed by atoms with van der Waals surface area (Å²) in [6, 6.07) is 1.89. The Morgan fingerprint density at radius 2 is 2.10 bits per heavy atom. The van der Waals surface area contributed by atoms with E-state index in [-0.39, 0.29) is 18.5 Å². The van der Waals surface area contributed by atoms with Crippen molar-refractivity contribution in [3.8, 4) is 0 Å². The van der Waals surface area contributed by atoms with Crippen LogP contribution in [0.4, 0.5) is 0 Å². The maximum absolute atomic E-state index is 11.8. The summed E-state index contributed by atoms with van der Waals surface area (Å²) in [5.74, 6) is 0.533. The summed E-state index contributed by atoms with van der Waals surface area (Å²) in [6.45, 7) is 4.37.